The van der Waals surface area contributed by atoms with Crippen molar-refractivity contribution in [2.75, 3.05) is 19.8 Å². The zero-order chi connectivity index (χ0) is 22.7. The Kier molecular flexibility index (Phi) is 6.55. The average molecular weight is 437 g/mol. The lowest BCUT2D eigenvalue weighted by Gasteiger charge is -2.26. The molecular weight excluding hydrogens is 408 g/mol. The fourth-order valence-electron chi connectivity index (χ4n) is 4.07. The number of nitrogens with zero attached hydrogens (tertiary/aromatic N) is 2. The van der Waals surface area contributed by atoms with Crippen molar-refractivity contribution in [1.29, 1.82) is 0 Å². The molecule has 2 unspecified atom stereocenters. The van der Waals surface area contributed by atoms with Gasteiger partial charge in [-0.25, -0.2) is 0 Å². The van der Waals surface area contributed by atoms with Crippen molar-refractivity contribution in [2.45, 2.75) is 38.8 Å². The van der Waals surface area contributed by atoms with Crippen LogP contribution >= 0.6 is 0 Å². The van der Waals surface area contributed by atoms with Crippen molar-refractivity contribution >= 4 is 17.4 Å². The highest BCUT2D eigenvalue weighted by molar-refractivity contribution is 6.46. The van der Waals surface area contributed by atoms with Crippen LogP contribution in [-0.4, -0.2) is 52.5 Å². The molecule has 2 aromatic rings. The lowest BCUT2D eigenvalue weighted by Crippen LogP contribution is -2.36. The number of hydrogen-bond donors (Lipinski definition) is 1. The smallest absolute Gasteiger partial charge is 0.295 e. The number of benzene rings is 1. The van der Waals surface area contributed by atoms with Crippen molar-refractivity contribution in [3.05, 3.63) is 65.5 Å². The van der Waals surface area contributed by atoms with E-state index in [1.807, 2.05) is 13.8 Å². The summed E-state index contributed by atoms with van der Waals surface area (Å²) in [6.07, 6.45) is 3.23. The van der Waals surface area contributed by atoms with Gasteiger partial charge in [-0.1, -0.05) is 32.0 Å². The predicted octanol–water partition coefficient (Wildman–Crippen LogP) is 3.72. The highest BCUT2D eigenvalue weighted by Gasteiger charge is 2.47. The van der Waals surface area contributed by atoms with Gasteiger partial charge < -0.3 is 19.5 Å². The third-order valence-electron chi connectivity index (χ3n) is 5.62. The summed E-state index contributed by atoms with van der Waals surface area (Å²) in [6, 6.07) is 11.5. The van der Waals surface area contributed by atoms with Gasteiger partial charge in [0.05, 0.1) is 24.0 Å². The summed E-state index contributed by atoms with van der Waals surface area (Å²) in [6.45, 7) is 5.55. The van der Waals surface area contributed by atoms with E-state index in [0.29, 0.717) is 36.1 Å². The number of amides is 1. The van der Waals surface area contributed by atoms with E-state index in [-0.39, 0.29) is 24.0 Å². The summed E-state index contributed by atoms with van der Waals surface area (Å²) in [5.41, 5.74) is 0.980. The highest BCUT2D eigenvalue weighted by Crippen LogP contribution is 2.39. The third kappa shape index (κ3) is 4.53. The highest BCUT2D eigenvalue weighted by atomic mass is 16.5. The molecule has 1 aromatic heterocycles. The van der Waals surface area contributed by atoms with Gasteiger partial charge in [0.15, 0.2) is 0 Å². The van der Waals surface area contributed by atoms with Crippen LogP contribution in [0, 0.1) is 5.92 Å². The second-order valence-corrected chi connectivity index (χ2v) is 8.57. The Morgan fingerprint density at radius 1 is 1.25 bits per heavy atom. The van der Waals surface area contributed by atoms with Crippen LogP contribution in [-0.2, 0) is 14.3 Å². The van der Waals surface area contributed by atoms with Crippen LogP contribution in [0.4, 0.5) is 0 Å². The fraction of sp³-hybridized carbons (Fsp3) is 0.400. The number of pyridine rings is 1. The maximum absolute atomic E-state index is 13.1. The van der Waals surface area contributed by atoms with E-state index in [0.717, 1.165) is 12.8 Å². The molecule has 2 saturated heterocycles. The number of rotatable bonds is 7. The third-order valence-corrected chi connectivity index (χ3v) is 5.62. The lowest BCUT2D eigenvalue weighted by molar-refractivity contribution is -0.140. The molecule has 0 radical (unpaired) electrons. The van der Waals surface area contributed by atoms with Crippen LogP contribution < -0.4 is 4.74 Å². The molecule has 1 aromatic carbocycles. The summed E-state index contributed by atoms with van der Waals surface area (Å²) < 4.78 is 11.5. The number of Topliss-reactive ketones (excluding diaryl/α,β-unsaturated/α-hetero) is 1. The zero-order valence-electron chi connectivity index (χ0n) is 18.4. The lowest BCUT2D eigenvalue weighted by atomic mass is 9.98. The standard InChI is InChI=1S/C25H28N2O5/c1-16(2)15-32-18-8-5-7-17(13-18)23(28)21-22(20-10-3-4-11-26-20)27(25(30)24(21)29)14-19-9-6-12-31-19/h3-5,7-8,10-11,13,16,19,22,28H,6,9,12,14-15H2,1-2H3/b23-21-. The van der Waals surface area contributed by atoms with Gasteiger partial charge in [-0.05, 0) is 43.0 Å². The van der Waals surface area contributed by atoms with E-state index in [9.17, 15) is 14.7 Å². The van der Waals surface area contributed by atoms with Gasteiger partial charge in [-0.3, -0.25) is 14.6 Å². The summed E-state index contributed by atoms with van der Waals surface area (Å²) >= 11 is 0. The maximum atomic E-state index is 13.1. The van der Waals surface area contributed by atoms with Crippen molar-refractivity contribution in [1.82, 2.24) is 9.88 Å². The molecular formula is C25H28N2O5. The molecule has 0 spiro atoms. The summed E-state index contributed by atoms with van der Waals surface area (Å²) in [7, 11) is 0. The molecule has 0 saturated carbocycles. The van der Waals surface area contributed by atoms with E-state index >= 15 is 0 Å². The molecule has 0 aliphatic carbocycles. The summed E-state index contributed by atoms with van der Waals surface area (Å²) in [5.74, 6) is -0.663. The van der Waals surface area contributed by atoms with Crippen LogP contribution in [0.1, 0.15) is 44.0 Å². The van der Waals surface area contributed by atoms with Crippen molar-refractivity contribution in [3.63, 3.8) is 0 Å². The Bertz CT molecular complexity index is 1010. The van der Waals surface area contributed by atoms with E-state index in [4.69, 9.17) is 9.47 Å². The van der Waals surface area contributed by atoms with Crippen molar-refractivity contribution < 1.29 is 24.2 Å². The SMILES string of the molecule is CC(C)COc1cccc(/C(O)=C2/C(=O)C(=O)N(CC3CCCO3)C2c2ccccn2)c1. The number of likely N-dealkylation sites (tertiary alicyclic amines) is 1. The minimum atomic E-state index is -0.777. The Morgan fingerprint density at radius 3 is 2.78 bits per heavy atom. The number of ketones is 1. The van der Waals surface area contributed by atoms with Gasteiger partial charge in [0, 0.05) is 24.9 Å². The van der Waals surface area contributed by atoms with Crippen LogP contribution in [0.25, 0.3) is 5.76 Å². The van der Waals surface area contributed by atoms with Crippen molar-refractivity contribution in [3.8, 4) is 5.75 Å². The molecule has 2 atom stereocenters. The first-order valence-corrected chi connectivity index (χ1v) is 11.0. The molecule has 4 rings (SSSR count). The first-order chi connectivity index (χ1) is 15.5. The number of carbonyl (C=O) groups excluding carboxylic acids is 2. The Labute approximate surface area is 187 Å². The quantitative estimate of drug-likeness (QED) is 0.404. The molecule has 0 bridgehead atoms. The number of carbonyl (C=O) groups is 2. The second kappa shape index (κ2) is 9.53. The monoisotopic (exact) mass is 436 g/mol. The molecule has 168 valence electrons. The molecule has 32 heavy (non-hydrogen) atoms. The minimum absolute atomic E-state index is 0.0349. The van der Waals surface area contributed by atoms with E-state index < -0.39 is 17.7 Å². The second-order valence-electron chi connectivity index (χ2n) is 8.57. The average Bonchev–Trinajstić information content (AvgIpc) is 3.40. The topological polar surface area (TPSA) is 89.0 Å². The van der Waals surface area contributed by atoms with Gasteiger partial charge >= 0.3 is 0 Å². The molecule has 2 fully saturated rings. The van der Waals surface area contributed by atoms with Gasteiger partial charge in [-0.2, -0.15) is 0 Å². The van der Waals surface area contributed by atoms with Gasteiger partial charge in [-0.15, -0.1) is 0 Å². The van der Waals surface area contributed by atoms with E-state index in [2.05, 4.69) is 4.98 Å². The number of aliphatic hydroxyl groups excluding tert-OH is 1. The molecule has 1 amide bonds. The van der Waals surface area contributed by atoms with Crippen LogP contribution in [0.2, 0.25) is 0 Å². The van der Waals surface area contributed by atoms with Gasteiger partial charge in [0.25, 0.3) is 11.7 Å². The molecule has 1 N–H and O–H groups in total. The molecule has 7 nitrogen and oxygen atoms in total. The minimum Gasteiger partial charge on any atom is -0.507 e. The van der Waals surface area contributed by atoms with E-state index in [1.165, 1.54) is 4.90 Å². The zero-order valence-corrected chi connectivity index (χ0v) is 18.4. The summed E-state index contributed by atoms with van der Waals surface area (Å²) in [5, 5.41) is 11.2. The van der Waals surface area contributed by atoms with E-state index in [1.54, 1.807) is 48.7 Å². The first kappa shape index (κ1) is 22.0. The van der Waals surface area contributed by atoms with Gasteiger partial charge in [0.2, 0.25) is 0 Å². The number of ether oxygens (including phenoxy) is 2. The predicted molar refractivity (Wildman–Crippen MR) is 119 cm³/mol. The Balaban J connectivity index is 1.74. The largest absolute Gasteiger partial charge is 0.507 e. The van der Waals surface area contributed by atoms with Crippen LogP contribution in [0.5, 0.6) is 5.75 Å². The summed E-state index contributed by atoms with van der Waals surface area (Å²) in [4.78, 5) is 31.9. The number of aliphatic hydroxyl groups is 1. The van der Waals surface area contributed by atoms with Crippen molar-refractivity contribution in [2.24, 2.45) is 5.92 Å². The molecule has 3 heterocycles. The Hall–Kier alpha value is -3.19. The molecule has 7 heteroatoms. The first-order valence-electron chi connectivity index (χ1n) is 11.0. The normalized spacial score (nSPS) is 22.7. The number of hydrogen-bond acceptors (Lipinski definition) is 6. The number of aromatic nitrogens is 1. The van der Waals surface area contributed by atoms with Crippen LogP contribution in [0.15, 0.2) is 54.2 Å². The molecule has 2 aliphatic heterocycles. The maximum Gasteiger partial charge on any atom is 0.295 e. The fourth-order valence-corrected chi connectivity index (χ4v) is 4.07. The van der Waals surface area contributed by atoms with Crippen LogP contribution in [0.3, 0.4) is 0 Å². The molecule has 2 aliphatic rings. The van der Waals surface area contributed by atoms with Gasteiger partial charge in [0.1, 0.15) is 17.6 Å². The Morgan fingerprint density at radius 2 is 2.09 bits per heavy atom.